The minimum atomic E-state index is -1.45. The molecule has 6 rings (SSSR count). The number of rotatable bonds is 6. The normalized spacial score (nSPS) is 13.7. The van der Waals surface area contributed by atoms with Gasteiger partial charge in [-0.15, -0.1) is 11.3 Å². The summed E-state index contributed by atoms with van der Waals surface area (Å²) in [5, 5.41) is 13.0. The van der Waals surface area contributed by atoms with Crippen LogP contribution in [0, 0.1) is 17.5 Å². The van der Waals surface area contributed by atoms with Crippen LogP contribution in [0.15, 0.2) is 53.9 Å². The molecule has 2 N–H and O–H groups in total. The van der Waals surface area contributed by atoms with Crippen LogP contribution in [-0.2, 0) is 4.74 Å². The Balaban J connectivity index is 1.68. The van der Waals surface area contributed by atoms with Gasteiger partial charge in [0.2, 0.25) is 0 Å². The highest BCUT2D eigenvalue weighted by atomic mass is 32.1. The maximum atomic E-state index is 15.2. The molecule has 4 heterocycles. The summed E-state index contributed by atoms with van der Waals surface area (Å²) in [7, 11) is 0. The van der Waals surface area contributed by atoms with E-state index in [1.54, 1.807) is 6.92 Å². The van der Waals surface area contributed by atoms with E-state index in [9.17, 15) is 9.18 Å². The Kier molecular flexibility index (Phi) is 6.99. The van der Waals surface area contributed by atoms with E-state index in [0.29, 0.717) is 28.3 Å². The summed E-state index contributed by atoms with van der Waals surface area (Å²) >= 11 is 1.44. The van der Waals surface area contributed by atoms with Crippen molar-refractivity contribution in [1.29, 1.82) is 0 Å². The van der Waals surface area contributed by atoms with Gasteiger partial charge in [0.1, 0.15) is 11.5 Å². The van der Waals surface area contributed by atoms with Gasteiger partial charge in [0.05, 0.1) is 33.7 Å². The molecule has 0 amide bonds. The lowest BCUT2D eigenvalue weighted by molar-refractivity contribution is 0.0528. The Hall–Kier alpha value is -4.22. The lowest BCUT2D eigenvalue weighted by Crippen LogP contribution is -2.43. The van der Waals surface area contributed by atoms with Gasteiger partial charge < -0.3 is 15.0 Å². The van der Waals surface area contributed by atoms with E-state index in [0.717, 1.165) is 42.8 Å². The molecular weight excluding hydrogens is 539 g/mol. The quantitative estimate of drug-likeness (QED) is 0.194. The average Bonchev–Trinajstić information content (AvgIpc) is 3.65. The first-order valence-corrected chi connectivity index (χ1v) is 13.7. The number of fused-ring (bicyclic) bond motifs is 1. The van der Waals surface area contributed by atoms with E-state index in [1.165, 1.54) is 11.3 Å². The number of pyridine rings is 1. The third kappa shape index (κ3) is 4.50. The fraction of sp³-hybridized carbons (Fsp3) is 0.207. The molecule has 0 aliphatic carbocycles. The number of esters is 1. The fourth-order valence-corrected chi connectivity index (χ4v) is 5.75. The van der Waals surface area contributed by atoms with Crippen LogP contribution in [0.3, 0.4) is 0 Å². The maximum absolute atomic E-state index is 15.2. The summed E-state index contributed by atoms with van der Waals surface area (Å²) in [6.07, 6.45) is 0. The molecule has 204 valence electrons. The third-order valence-electron chi connectivity index (χ3n) is 6.86. The van der Waals surface area contributed by atoms with Gasteiger partial charge in [0.25, 0.3) is 0 Å². The predicted molar refractivity (Wildman–Crippen MR) is 149 cm³/mol. The topological polar surface area (TPSA) is 83.1 Å². The Morgan fingerprint density at radius 1 is 1.00 bits per heavy atom. The standard InChI is InChI=1S/C29H24F3N5O2S/c1-2-39-29(38)24-21(16-5-7-17(8-6-16)37-13-11-33-12-14-37)23-26(20-4-3-15-40-20)35-36-28(23)34-27(24)22-18(30)9-10-19(31)25(22)32/h3-10,15,33H,2,11-14H2,1H3,(H,34,35,36). The smallest absolute Gasteiger partial charge is 0.341 e. The number of aromatic nitrogens is 3. The summed E-state index contributed by atoms with van der Waals surface area (Å²) in [5.74, 6) is -4.61. The van der Waals surface area contributed by atoms with E-state index >= 15 is 8.78 Å². The average molecular weight is 564 g/mol. The second-order valence-corrected chi connectivity index (χ2v) is 10.2. The number of hydrogen-bond donors (Lipinski definition) is 2. The largest absolute Gasteiger partial charge is 0.462 e. The van der Waals surface area contributed by atoms with E-state index in [-0.39, 0.29) is 23.5 Å². The molecule has 0 atom stereocenters. The molecule has 1 aliphatic heterocycles. The van der Waals surface area contributed by atoms with Crippen LogP contribution in [0.5, 0.6) is 0 Å². The molecule has 0 unspecified atom stereocenters. The van der Waals surface area contributed by atoms with Gasteiger partial charge in [0, 0.05) is 37.4 Å². The van der Waals surface area contributed by atoms with Crippen LogP contribution in [0.1, 0.15) is 17.3 Å². The highest BCUT2D eigenvalue weighted by Gasteiger charge is 2.31. The van der Waals surface area contributed by atoms with Crippen molar-refractivity contribution < 1.29 is 22.7 Å². The van der Waals surface area contributed by atoms with Crippen molar-refractivity contribution in [2.45, 2.75) is 6.92 Å². The van der Waals surface area contributed by atoms with Gasteiger partial charge in [-0.2, -0.15) is 5.10 Å². The molecule has 0 bridgehead atoms. The zero-order valence-corrected chi connectivity index (χ0v) is 22.2. The molecule has 1 fully saturated rings. The highest BCUT2D eigenvalue weighted by Crippen LogP contribution is 2.43. The van der Waals surface area contributed by atoms with Crippen LogP contribution in [-0.4, -0.2) is 53.9 Å². The fourth-order valence-electron chi connectivity index (χ4n) is 5.03. The molecule has 1 saturated heterocycles. The van der Waals surface area contributed by atoms with E-state index in [1.807, 2.05) is 41.8 Å². The van der Waals surface area contributed by atoms with E-state index in [2.05, 4.69) is 25.4 Å². The Morgan fingerprint density at radius 2 is 1.75 bits per heavy atom. The number of halogens is 3. The van der Waals surface area contributed by atoms with Crippen LogP contribution >= 0.6 is 11.3 Å². The molecule has 40 heavy (non-hydrogen) atoms. The molecule has 3 aromatic heterocycles. The van der Waals surface area contributed by atoms with Crippen LogP contribution < -0.4 is 10.2 Å². The second kappa shape index (κ2) is 10.7. The maximum Gasteiger partial charge on any atom is 0.341 e. The molecule has 0 saturated carbocycles. The lowest BCUT2D eigenvalue weighted by atomic mass is 9.91. The zero-order chi connectivity index (χ0) is 27.8. The van der Waals surface area contributed by atoms with E-state index in [4.69, 9.17) is 4.74 Å². The van der Waals surface area contributed by atoms with Gasteiger partial charge in [-0.1, -0.05) is 18.2 Å². The number of anilines is 1. The Morgan fingerprint density at radius 3 is 2.45 bits per heavy atom. The van der Waals surface area contributed by atoms with Crippen LogP contribution in [0.2, 0.25) is 0 Å². The molecular formula is C29H24F3N5O2S. The minimum absolute atomic E-state index is 0.00890. The van der Waals surface area contributed by atoms with Gasteiger partial charge in [-0.25, -0.2) is 22.9 Å². The van der Waals surface area contributed by atoms with Crippen molar-refractivity contribution >= 4 is 34.0 Å². The number of H-pyrrole nitrogens is 1. The molecule has 2 aromatic carbocycles. The SMILES string of the molecule is CCOC(=O)c1c(-c2c(F)ccc(F)c2F)nc2[nH]nc(-c3cccs3)c2c1-c1ccc(N2CCNCC2)cc1. The van der Waals surface area contributed by atoms with Crippen molar-refractivity contribution in [1.82, 2.24) is 20.5 Å². The number of nitrogens with one attached hydrogen (secondary N) is 2. The number of aromatic amines is 1. The monoisotopic (exact) mass is 563 g/mol. The van der Waals surface area contributed by atoms with Crippen molar-refractivity contribution in [2.24, 2.45) is 0 Å². The molecule has 11 heteroatoms. The predicted octanol–water partition coefficient (Wildman–Crippen LogP) is 6.02. The lowest BCUT2D eigenvalue weighted by Gasteiger charge is -2.29. The summed E-state index contributed by atoms with van der Waals surface area (Å²) in [5.41, 5.74) is 1.34. The minimum Gasteiger partial charge on any atom is -0.462 e. The van der Waals surface area contributed by atoms with Crippen LogP contribution in [0.4, 0.5) is 18.9 Å². The molecule has 5 aromatic rings. The first-order chi connectivity index (χ1) is 19.5. The summed E-state index contributed by atoms with van der Waals surface area (Å²) in [6, 6.07) is 12.8. The van der Waals surface area contributed by atoms with Crippen molar-refractivity contribution in [3.63, 3.8) is 0 Å². The van der Waals surface area contributed by atoms with Crippen molar-refractivity contribution in [3.8, 4) is 33.0 Å². The molecule has 1 aliphatic rings. The molecule has 0 spiro atoms. The highest BCUT2D eigenvalue weighted by molar-refractivity contribution is 7.13. The van der Waals surface area contributed by atoms with Gasteiger partial charge in [0.15, 0.2) is 17.3 Å². The van der Waals surface area contributed by atoms with Crippen LogP contribution in [0.25, 0.3) is 44.0 Å². The number of hydrogen-bond acceptors (Lipinski definition) is 7. The number of piperazine rings is 1. The zero-order valence-electron chi connectivity index (χ0n) is 21.4. The number of carbonyl (C=O) groups excluding carboxylic acids is 1. The second-order valence-electron chi connectivity index (χ2n) is 9.21. The van der Waals surface area contributed by atoms with Gasteiger partial charge >= 0.3 is 5.97 Å². The van der Waals surface area contributed by atoms with Gasteiger partial charge in [-0.3, -0.25) is 5.10 Å². The summed E-state index contributed by atoms with van der Waals surface area (Å²) in [6.45, 7) is 5.07. The number of benzene rings is 2. The number of nitrogens with zero attached hydrogens (tertiary/aromatic N) is 3. The Bertz CT molecular complexity index is 1700. The first-order valence-electron chi connectivity index (χ1n) is 12.8. The third-order valence-corrected chi connectivity index (χ3v) is 7.74. The molecule has 0 radical (unpaired) electrons. The van der Waals surface area contributed by atoms with Gasteiger partial charge in [-0.05, 0) is 48.2 Å². The summed E-state index contributed by atoms with van der Waals surface area (Å²) < 4.78 is 50.0. The van der Waals surface area contributed by atoms with Crippen molar-refractivity contribution in [3.05, 3.63) is 76.9 Å². The number of thiophene rings is 1. The number of carbonyl (C=O) groups is 1. The Labute approximate surface area is 231 Å². The summed E-state index contributed by atoms with van der Waals surface area (Å²) in [4.78, 5) is 21.1. The van der Waals surface area contributed by atoms with E-state index < -0.39 is 29.0 Å². The number of ether oxygens (including phenoxy) is 1. The van der Waals surface area contributed by atoms with Crippen molar-refractivity contribution in [2.75, 3.05) is 37.7 Å². The molecule has 7 nitrogen and oxygen atoms in total. The first kappa shape index (κ1) is 26.0.